The van der Waals surface area contributed by atoms with Gasteiger partial charge in [0.1, 0.15) is 6.33 Å². The molecule has 6 nitrogen and oxygen atoms in total. The van der Waals surface area contributed by atoms with Crippen molar-refractivity contribution in [3.63, 3.8) is 0 Å². The second kappa shape index (κ2) is 8.51. The number of hydrogen-bond donors (Lipinski definition) is 2. The van der Waals surface area contributed by atoms with Crippen molar-refractivity contribution in [2.45, 2.75) is 44.3 Å². The van der Waals surface area contributed by atoms with Gasteiger partial charge in [-0.3, -0.25) is 4.79 Å². The van der Waals surface area contributed by atoms with E-state index in [0.29, 0.717) is 12.5 Å². The normalized spacial score (nSPS) is 18.8. The molecule has 0 aliphatic carbocycles. The number of hydrogen-bond acceptors (Lipinski definition) is 6. The van der Waals surface area contributed by atoms with E-state index in [-0.39, 0.29) is 18.0 Å². The molecule has 1 saturated heterocycles. The summed E-state index contributed by atoms with van der Waals surface area (Å²) in [7, 11) is 0. The Labute approximate surface area is 152 Å². The number of likely N-dealkylation sites (tertiary alicyclic amines) is 1. The number of nitrogens with two attached hydrogens (primary N) is 1. The molecule has 1 amide bonds. The highest BCUT2D eigenvalue weighted by Crippen LogP contribution is 2.26. The summed E-state index contributed by atoms with van der Waals surface area (Å²) in [4.78, 5) is 21.8. The number of nitrogens with zero attached hydrogens (tertiary/aromatic N) is 3. The van der Waals surface area contributed by atoms with Crippen LogP contribution in [0.1, 0.15) is 43.4 Å². The van der Waals surface area contributed by atoms with E-state index in [9.17, 15) is 4.79 Å². The third kappa shape index (κ3) is 4.84. The molecule has 0 bridgehead atoms. The van der Waals surface area contributed by atoms with E-state index in [1.807, 2.05) is 12.4 Å². The minimum absolute atomic E-state index is 0.118. The van der Waals surface area contributed by atoms with Gasteiger partial charge in [-0.2, -0.15) is 11.3 Å². The average Bonchev–Trinajstić information content (AvgIpc) is 3.14. The Bertz CT molecular complexity index is 655. The van der Waals surface area contributed by atoms with Crippen molar-refractivity contribution in [3.05, 3.63) is 46.7 Å². The molecule has 2 atom stereocenters. The zero-order valence-corrected chi connectivity index (χ0v) is 15.3. The topological polar surface area (TPSA) is 84.1 Å². The molecule has 3 heterocycles. The lowest BCUT2D eigenvalue weighted by Crippen LogP contribution is -2.47. The van der Waals surface area contributed by atoms with Gasteiger partial charge in [-0.05, 0) is 55.2 Å². The van der Waals surface area contributed by atoms with Crippen molar-refractivity contribution in [1.82, 2.24) is 20.2 Å². The van der Waals surface area contributed by atoms with E-state index in [4.69, 9.17) is 5.73 Å². The number of thiophene rings is 1. The Morgan fingerprint density at radius 2 is 2.08 bits per heavy atom. The van der Waals surface area contributed by atoms with Crippen LogP contribution in [0.4, 0.5) is 0 Å². The van der Waals surface area contributed by atoms with Gasteiger partial charge in [0.05, 0.1) is 6.04 Å². The molecule has 2 aromatic rings. The quantitative estimate of drug-likeness (QED) is 0.789. The minimum Gasteiger partial charge on any atom is -0.370 e. The van der Waals surface area contributed by atoms with Crippen molar-refractivity contribution in [2.75, 3.05) is 13.1 Å². The Morgan fingerprint density at radius 1 is 1.36 bits per heavy atom. The van der Waals surface area contributed by atoms with Gasteiger partial charge in [-0.1, -0.05) is 0 Å². The van der Waals surface area contributed by atoms with Crippen LogP contribution in [0.25, 0.3) is 0 Å². The van der Waals surface area contributed by atoms with Gasteiger partial charge in [0, 0.05) is 36.5 Å². The number of amides is 1. The molecule has 1 aliphatic heterocycles. The maximum absolute atomic E-state index is 11.1. The number of rotatable bonds is 7. The SMILES string of the molecule is CC(CC(N)=O)N1CCC(NC(c2cncnc2)c2ccsc2)CC1. The van der Waals surface area contributed by atoms with Crippen LogP contribution in [0.3, 0.4) is 0 Å². The summed E-state index contributed by atoms with van der Waals surface area (Å²) in [5, 5.41) is 8.06. The van der Waals surface area contributed by atoms with Crippen LogP contribution in [0.5, 0.6) is 0 Å². The smallest absolute Gasteiger partial charge is 0.218 e. The van der Waals surface area contributed by atoms with Crippen molar-refractivity contribution in [3.8, 4) is 0 Å². The predicted molar refractivity (Wildman–Crippen MR) is 99.2 cm³/mol. The summed E-state index contributed by atoms with van der Waals surface area (Å²) in [5.41, 5.74) is 7.67. The summed E-state index contributed by atoms with van der Waals surface area (Å²) in [6, 6.07) is 2.92. The Morgan fingerprint density at radius 3 is 2.68 bits per heavy atom. The van der Waals surface area contributed by atoms with E-state index >= 15 is 0 Å². The first kappa shape index (κ1) is 18.0. The van der Waals surface area contributed by atoms with Crippen LogP contribution in [-0.2, 0) is 4.79 Å². The Hall–Kier alpha value is -1.83. The van der Waals surface area contributed by atoms with Gasteiger partial charge in [-0.15, -0.1) is 0 Å². The molecule has 3 rings (SSSR count). The molecule has 0 spiro atoms. The van der Waals surface area contributed by atoms with Crippen LogP contribution in [0.15, 0.2) is 35.5 Å². The van der Waals surface area contributed by atoms with E-state index < -0.39 is 0 Å². The molecule has 1 aliphatic rings. The highest BCUT2D eigenvalue weighted by atomic mass is 32.1. The molecular formula is C18H25N5OS. The van der Waals surface area contributed by atoms with Crippen LogP contribution >= 0.6 is 11.3 Å². The Kier molecular flexibility index (Phi) is 6.12. The predicted octanol–water partition coefficient (Wildman–Crippen LogP) is 1.95. The number of carbonyl (C=O) groups is 1. The second-order valence-electron chi connectivity index (χ2n) is 6.66. The molecular weight excluding hydrogens is 334 g/mol. The summed E-state index contributed by atoms with van der Waals surface area (Å²) in [5.74, 6) is -0.227. The summed E-state index contributed by atoms with van der Waals surface area (Å²) >= 11 is 1.70. The first-order valence-electron chi connectivity index (χ1n) is 8.69. The monoisotopic (exact) mass is 359 g/mol. The zero-order chi connectivity index (χ0) is 17.6. The number of carbonyl (C=O) groups excluding carboxylic acids is 1. The minimum atomic E-state index is -0.227. The lowest BCUT2D eigenvalue weighted by atomic mass is 9.98. The summed E-state index contributed by atoms with van der Waals surface area (Å²) in [6.07, 6.45) is 7.86. The van der Waals surface area contributed by atoms with Gasteiger partial charge < -0.3 is 16.0 Å². The number of piperidine rings is 1. The molecule has 1 fully saturated rings. The largest absolute Gasteiger partial charge is 0.370 e. The molecule has 7 heteroatoms. The van der Waals surface area contributed by atoms with Gasteiger partial charge in [0.2, 0.25) is 5.91 Å². The molecule has 2 aromatic heterocycles. The van der Waals surface area contributed by atoms with E-state index in [0.717, 1.165) is 31.5 Å². The van der Waals surface area contributed by atoms with Gasteiger partial charge in [0.15, 0.2) is 0 Å². The maximum Gasteiger partial charge on any atom is 0.218 e. The van der Waals surface area contributed by atoms with E-state index in [1.54, 1.807) is 17.7 Å². The standard InChI is InChI=1S/C18H25N5OS/c1-13(8-17(19)24)23-5-2-16(3-6-23)22-18(14-4-7-25-11-14)15-9-20-12-21-10-15/h4,7,9-13,16,18,22H,2-3,5-6,8H2,1H3,(H2,19,24). The highest BCUT2D eigenvalue weighted by Gasteiger charge is 2.26. The number of primary amides is 1. The van der Waals surface area contributed by atoms with Gasteiger partial charge in [0.25, 0.3) is 0 Å². The highest BCUT2D eigenvalue weighted by molar-refractivity contribution is 7.08. The fourth-order valence-corrected chi connectivity index (χ4v) is 4.13. The van der Waals surface area contributed by atoms with Gasteiger partial charge in [-0.25, -0.2) is 9.97 Å². The van der Waals surface area contributed by atoms with E-state index in [2.05, 4.69) is 43.9 Å². The van der Waals surface area contributed by atoms with Crippen molar-refractivity contribution in [1.29, 1.82) is 0 Å². The first-order valence-corrected chi connectivity index (χ1v) is 9.63. The Balaban J connectivity index is 1.62. The molecule has 2 unspecified atom stereocenters. The summed E-state index contributed by atoms with van der Waals surface area (Å²) < 4.78 is 0. The second-order valence-corrected chi connectivity index (χ2v) is 7.44. The van der Waals surface area contributed by atoms with Crippen LogP contribution in [0, 0.1) is 0 Å². The number of nitrogens with one attached hydrogen (secondary N) is 1. The molecule has 134 valence electrons. The van der Waals surface area contributed by atoms with Crippen molar-refractivity contribution in [2.24, 2.45) is 5.73 Å². The van der Waals surface area contributed by atoms with Crippen molar-refractivity contribution < 1.29 is 4.79 Å². The lowest BCUT2D eigenvalue weighted by molar-refractivity contribution is -0.119. The first-order chi connectivity index (χ1) is 12.1. The zero-order valence-electron chi connectivity index (χ0n) is 14.5. The summed E-state index contributed by atoms with van der Waals surface area (Å²) in [6.45, 7) is 4.04. The molecule has 0 aromatic carbocycles. The maximum atomic E-state index is 11.1. The van der Waals surface area contributed by atoms with Crippen molar-refractivity contribution >= 4 is 17.2 Å². The van der Waals surface area contributed by atoms with Gasteiger partial charge >= 0.3 is 0 Å². The molecule has 0 radical (unpaired) electrons. The third-order valence-electron chi connectivity index (χ3n) is 4.84. The van der Waals surface area contributed by atoms with Crippen LogP contribution in [0.2, 0.25) is 0 Å². The average molecular weight is 359 g/mol. The molecule has 0 saturated carbocycles. The molecule has 3 N–H and O–H groups in total. The van der Waals surface area contributed by atoms with E-state index in [1.165, 1.54) is 5.56 Å². The molecule has 25 heavy (non-hydrogen) atoms. The lowest BCUT2D eigenvalue weighted by Gasteiger charge is -2.37. The third-order valence-corrected chi connectivity index (χ3v) is 5.54. The van der Waals surface area contributed by atoms with Crippen LogP contribution in [-0.4, -0.2) is 45.9 Å². The van der Waals surface area contributed by atoms with Crippen LogP contribution < -0.4 is 11.1 Å². The fourth-order valence-electron chi connectivity index (χ4n) is 3.45. The fraction of sp³-hybridized carbons (Fsp3) is 0.500. The number of aromatic nitrogens is 2.